The van der Waals surface area contributed by atoms with Crippen molar-refractivity contribution in [2.24, 2.45) is 0 Å². The van der Waals surface area contributed by atoms with Gasteiger partial charge in [-0.1, -0.05) is 6.07 Å². The highest BCUT2D eigenvalue weighted by atomic mass is 19.3. The van der Waals surface area contributed by atoms with E-state index in [1.54, 1.807) is 12.1 Å². The zero-order valence-corrected chi connectivity index (χ0v) is 8.67. The Bertz CT molecular complexity index is 447. The van der Waals surface area contributed by atoms with Gasteiger partial charge in [0.15, 0.2) is 0 Å². The van der Waals surface area contributed by atoms with Gasteiger partial charge in [0.1, 0.15) is 0 Å². The third-order valence-electron chi connectivity index (χ3n) is 2.88. The molecule has 6 heteroatoms. The van der Waals surface area contributed by atoms with Gasteiger partial charge in [-0.25, -0.2) is 8.78 Å². The van der Waals surface area contributed by atoms with Crippen LogP contribution < -0.4 is 0 Å². The highest BCUT2D eigenvalue weighted by molar-refractivity contribution is 5.92. The van der Waals surface area contributed by atoms with E-state index in [4.69, 9.17) is 0 Å². The summed E-state index contributed by atoms with van der Waals surface area (Å²) < 4.78 is 50.1. The smallest absolute Gasteiger partial charge is 0.292 e. The van der Waals surface area contributed by atoms with E-state index < -0.39 is 24.0 Å². The number of aryl methyl sites for hydroxylation is 1. The lowest BCUT2D eigenvalue weighted by Gasteiger charge is -2.18. The van der Waals surface area contributed by atoms with Crippen molar-refractivity contribution in [2.45, 2.75) is 31.1 Å². The molecule has 2 rings (SSSR count). The highest BCUT2D eigenvalue weighted by Crippen LogP contribution is 2.38. The Morgan fingerprint density at radius 1 is 1.47 bits per heavy atom. The molecule has 0 aromatic carbocycles. The summed E-state index contributed by atoms with van der Waals surface area (Å²) in [6.45, 7) is 0. The van der Waals surface area contributed by atoms with Crippen LogP contribution >= 0.6 is 0 Å². The molecule has 0 radical (unpaired) electrons. The highest BCUT2D eigenvalue weighted by Gasteiger charge is 2.52. The minimum atomic E-state index is -4.59. The molecule has 0 bridgehead atoms. The molecule has 0 fully saturated rings. The summed E-state index contributed by atoms with van der Waals surface area (Å²) in [6, 6.07) is 3.28. The van der Waals surface area contributed by atoms with Gasteiger partial charge < -0.3 is 0 Å². The first-order chi connectivity index (χ1) is 7.94. The average molecular weight is 247 g/mol. The zero-order chi connectivity index (χ0) is 12.6. The number of fused-ring (bicyclic) bond motifs is 1. The zero-order valence-electron chi connectivity index (χ0n) is 8.67. The van der Waals surface area contributed by atoms with Crippen LogP contribution in [0.2, 0.25) is 0 Å². The number of halogens is 4. The van der Waals surface area contributed by atoms with Gasteiger partial charge in [-0.15, -0.1) is 0 Å². The summed E-state index contributed by atoms with van der Waals surface area (Å²) >= 11 is 0. The number of hydrogen-bond acceptors (Lipinski definition) is 2. The Balaban J connectivity index is 2.30. The maximum absolute atomic E-state index is 13.0. The molecule has 1 aliphatic rings. The molecule has 0 spiro atoms. The van der Waals surface area contributed by atoms with Crippen LogP contribution in [-0.4, -0.2) is 23.1 Å². The Morgan fingerprint density at radius 3 is 2.82 bits per heavy atom. The predicted molar refractivity (Wildman–Crippen MR) is 51.3 cm³/mol. The Labute approximate surface area is 94.7 Å². The normalized spacial score (nSPS) is 19.5. The van der Waals surface area contributed by atoms with Gasteiger partial charge in [0, 0.05) is 6.20 Å². The maximum Gasteiger partial charge on any atom is 0.365 e. The molecule has 0 saturated heterocycles. The van der Waals surface area contributed by atoms with Crippen LogP contribution in [0.25, 0.3) is 0 Å². The molecule has 0 saturated carbocycles. The van der Waals surface area contributed by atoms with Crippen LogP contribution in [0.4, 0.5) is 17.6 Å². The molecule has 1 heterocycles. The second-order valence-electron chi connectivity index (χ2n) is 3.93. The quantitative estimate of drug-likeness (QED) is 0.768. The molecule has 0 N–H and O–H groups in total. The molecule has 1 aromatic heterocycles. The van der Waals surface area contributed by atoms with Crippen LogP contribution in [0.1, 0.15) is 23.6 Å². The number of Topliss-reactive ketones (excluding diaryl/α,β-unsaturated/α-hetero) is 1. The van der Waals surface area contributed by atoms with E-state index >= 15 is 0 Å². The van der Waals surface area contributed by atoms with E-state index in [-0.39, 0.29) is 12.1 Å². The monoisotopic (exact) mass is 247 g/mol. The van der Waals surface area contributed by atoms with Crippen molar-refractivity contribution < 1.29 is 22.4 Å². The molecular weight excluding hydrogens is 238 g/mol. The summed E-state index contributed by atoms with van der Waals surface area (Å²) in [4.78, 5) is 15.2. The molecule has 0 aliphatic heterocycles. The Hall–Kier alpha value is -1.46. The number of rotatable bonds is 3. The fourth-order valence-corrected chi connectivity index (χ4v) is 2.01. The van der Waals surface area contributed by atoms with Crippen molar-refractivity contribution in [2.75, 3.05) is 0 Å². The number of ketones is 1. The summed E-state index contributed by atoms with van der Waals surface area (Å²) in [7, 11) is 0. The lowest BCUT2D eigenvalue weighted by atomic mass is 9.96. The first-order valence-corrected chi connectivity index (χ1v) is 5.08. The Morgan fingerprint density at radius 2 is 2.18 bits per heavy atom. The summed E-state index contributed by atoms with van der Waals surface area (Å²) in [5.74, 6) is -7.54. The van der Waals surface area contributed by atoms with Gasteiger partial charge in [-0.05, 0) is 24.5 Å². The number of pyridine rings is 1. The summed E-state index contributed by atoms with van der Waals surface area (Å²) in [5.41, 5.74) is 0.883. The fraction of sp³-hybridized carbons (Fsp3) is 0.455. The van der Waals surface area contributed by atoms with Crippen LogP contribution in [0, 0.1) is 0 Å². The van der Waals surface area contributed by atoms with Gasteiger partial charge in [-0.2, -0.15) is 8.78 Å². The van der Waals surface area contributed by atoms with Crippen molar-refractivity contribution in [1.82, 2.24) is 4.98 Å². The minimum absolute atomic E-state index is 0.119. The number of hydrogen-bond donors (Lipinski definition) is 0. The van der Waals surface area contributed by atoms with Crippen molar-refractivity contribution in [1.29, 1.82) is 0 Å². The molecular formula is C11H9F4NO. The third kappa shape index (κ3) is 1.92. The average Bonchev–Trinajstić information content (AvgIpc) is 2.71. The molecule has 0 amide bonds. The lowest BCUT2D eigenvalue weighted by molar-refractivity contribution is -0.168. The standard InChI is InChI=1S/C11H9F4NO/c12-10(13)11(14,15)9(17)7-4-3-6-2-1-5-16-8(6)7/h1-2,5,7,10H,3-4H2. The van der Waals surface area contributed by atoms with Gasteiger partial charge >= 0.3 is 12.3 Å². The van der Waals surface area contributed by atoms with Gasteiger partial charge in [0.25, 0.3) is 0 Å². The van der Waals surface area contributed by atoms with Crippen molar-refractivity contribution in [3.05, 3.63) is 29.6 Å². The third-order valence-corrected chi connectivity index (χ3v) is 2.88. The van der Waals surface area contributed by atoms with E-state index in [0.717, 1.165) is 0 Å². The molecule has 1 aromatic rings. The number of nitrogens with zero attached hydrogens (tertiary/aromatic N) is 1. The molecule has 1 unspecified atom stereocenters. The summed E-state index contributed by atoms with van der Waals surface area (Å²) in [5, 5.41) is 0. The lowest BCUT2D eigenvalue weighted by Crippen LogP contribution is -2.39. The predicted octanol–water partition coefficient (Wildman–Crippen LogP) is 2.58. The molecule has 17 heavy (non-hydrogen) atoms. The number of carbonyl (C=O) groups excluding carboxylic acids is 1. The fourth-order valence-electron chi connectivity index (χ4n) is 2.01. The number of alkyl halides is 4. The van der Waals surface area contributed by atoms with E-state index in [1.807, 2.05) is 0 Å². The second kappa shape index (κ2) is 4.09. The maximum atomic E-state index is 13.0. The summed E-state index contributed by atoms with van der Waals surface area (Å²) in [6.07, 6.45) is -2.07. The Kier molecular flexibility index (Phi) is 2.89. The van der Waals surface area contributed by atoms with Crippen LogP contribution in [0.5, 0.6) is 0 Å². The molecule has 1 atom stereocenters. The minimum Gasteiger partial charge on any atom is -0.292 e. The van der Waals surface area contributed by atoms with Crippen molar-refractivity contribution in [3.8, 4) is 0 Å². The molecule has 1 aliphatic carbocycles. The van der Waals surface area contributed by atoms with Crippen molar-refractivity contribution in [3.63, 3.8) is 0 Å². The number of carbonyl (C=O) groups is 1. The van der Waals surface area contributed by atoms with E-state index in [2.05, 4.69) is 4.98 Å². The topological polar surface area (TPSA) is 30.0 Å². The molecule has 2 nitrogen and oxygen atoms in total. The van der Waals surface area contributed by atoms with Crippen LogP contribution in [0.3, 0.4) is 0 Å². The largest absolute Gasteiger partial charge is 0.365 e. The SMILES string of the molecule is O=C(C1CCc2cccnc21)C(F)(F)C(F)F. The van der Waals surface area contributed by atoms with Gasteiger partial charge in [-0.3, -0.25) is 9.78 Å². The van der Waals surface area contributed by atoms with Gasteiger partial charge in [0.05, 0.1) is 11.6 Å². The van der Waals surface area contributed by atoms with Crippen molar-refractivity contribution >= 4 is 5.78 Å². The van der Waals surface area contributed by atoms with E-state index in [1.165, 1.54) is 6.20 Å². The number of aromatic nitrogens is 1. The first-order valence-electron chi connectivity index (χ1n) is 5.08. The second-order valence-corrected chi connectivity index (χ2v) is 3.93. The van der Waals surface area contributed by atoms with Crippen LogP contribution in [0.15, 0.2) is 18.3 Å². The first kappa shape index (κ1) is 12.0. The van der Waals surface area contributed by atoms with Crippen LogP contribution in [-0.2, 0) is 11.2 Å². The van der Waals surface area contributed by atoms with Gasteiger partial charge in [0.2, 0.25) is 5.78 Å². The molecule has 92 valence electrons. The van der Waals surface area contributed by atoms with E-state index in [0.29, 0.717) is 12.0 Å². The van der Waals surface area contributed by atoms with E-state index in [9.17, 15) is 22.4 Å².